The van der Waals surface area contributed by atoms with Crippen molar-refractivity contribution in [3.63, 3.8) is 0 Å². The summed E-state index contributed by atoms with van der Waals surface area (Å²) in [6, 6.07) is 3.72. The number of nitrogens with zero attached hydrogens (tertiary/aromatic N) is 1. The van der Waals surface area contributed by atoms with Gasteiger partial charge in [0.1, 0.15) is 11.5 Å². The Morgan fingerprint density at radius 2 is 2.20 bits per heavy atom. The van der Waals surface area contributed by atoms with Gasteiger partial charge in [-0.3, -0.25) is 9.59 Å². The predicted octanol–water partition coefficient (Wildman–Crippen LogP) is 2.53. The van der Waals surface area contributed by atoms with Crippen LogP contribution in [0.15, 0.2) is 21.9 Å². The van der Waals surface area contributed by atoms with Crippen molar-refractivity contribution in [2.45, 2.75) is 38.8 Å². The van der Waals surface area contributed by atoms with Crippen LogP contribution in [0.2, 0.25) is 0 Å². The minimum Gasteiger partial charge on any atom is -0.458 e. The number of anilines is 1. The fourth-order valence-corrected chi connectivity index (χ4v) is 3.43. The molecule has 2 heterocycles. The topological polar surface area (TPSA) is 110 Å². The largest absolute Gasteiger partial charge is 0.458 e. The number of hydrogen-bond acceptors (Lipinski definition) is 6. The van der Waals surface area contributed by atoms with Crippen LogP contribution >= 0.6 is 23.7 Å². The van der Waals surface area contributed by atoms with Gasteiger partial charge >= 0.3 is 0 Å². The Bertz CT molecular complexity index is 745. The Morgan fingerprint density at radius 3 is 2.88 bits per heavy atom. The van der Waals surface area contributed by atoms with Crippen LogP contribution in [0.25, 0.3) is 11.5 Å². The minimum atomic E-state index is -0.113. The van der Waals surface area contributed by atoms with Crippen LogP contribution in [0.4, 0.5) is 5.13 Å². The van der Waals surface area contributed by atoms with Crippen molar-refractivity contribution in [2.75, 3.05) is 5.32 Å². The smallest absolute Gasteiger partial charge is 0.229 e. The third-order valence-electron chi connectivity index (χ3n) is 4.00. The zero-order chi connectivity index (χ0) is 17.1. The van der Waals surface area contributed by atoms with E-state index in [4.69, 9.17) is 10.2 Å². The zero-order valence-electron chi connectivity index (χ0n) is 13.8. The molecule has 3 rings (SSSR count). The molecule has 1 aliphatic carbocycles. The van der Waals surface area contributed by atoms with E-state index in [9.17, 15) is 9.59 Å². The number of rotatable bonds is 5. The van der Waals surface area contributed by atoms with Gasteiger partial charge in [-0.1, -0.05) is 0 Å². The normalized spacial score (nSPS) is 19.3. The van der Waals surface area contributed by atoms with Gasteiger partial charge < -0.3 is 20.8 Å². The molecule has 0 saturated heterocycles. The number of furan rings is 1. The maximum Gasteiger partial charge on any atom is 0.229 e. The highest BCUT2D eigenvalue weighted by atomic mass is 35.5. The van der Waals surface area contributed by atoms with Gasteiger partial charge in [0.25, 0.3) is 0 Å². The second kappa shape index (κ2) is 8.46. The van der Waals surface area contributed by atoms with Crippen LogP contribution in [0.1, 0.15) is 31.9 Å². The summed E-state index contributed by atoms with van der Waals surface area (Å²) in [5.41, 5.74) is 6.51. The summed E-state index contributed by atoms with van der Waals surface area (Å²) < 4.78 is 5.65. The van der Waals surface area contributed by atoms with Crippen LogP contribution in [0.3, 0.4) is 0 Å². The van der Waals surface area contributed by atoms with Crippen molar-refractivity contribution < 1.29 is 14.0 Å². The Balaban J connectivity index is 0.00000225. The Labute approximate surface area is 155 Å². The number of carbonyl (C=O) groups is 2. The molecule has 2 amide bonds. The molecule has 0 aromatic carbocycles. The maximum absolute atomic E-state index is 12.2. The van der Waals surface area contributed by atoms with Gasteiger partial charge in [-0.05, 0) is 31.4 Å². The van der Waals surface area contributed by atoms with Crippen LogP contribution < -0.4 is 16.4 Å². The molecule has 0 aliphatic heterocycles. The van der Waals surface area contributed by atoms with Crippen molar-refractivity contribution in [3.8, 4) is 11.5 Å². The second-order valence-electron chi connectivity index (χ2n) is 5.97. The van der Waals surface area contributed by atoms with Gasteiger partial charge in [-0.2, -0.15) is 0 Å². The number of nitrogens with two attached hydrogens (primary N) is 1. The summed E-state index contributed by atoms with van der Waals surface area (Å²) in [7, 11) is 0. The molecule has 7 nitrogen and oxygen atoms in total. The Kier molecular flexibility index (Phi) is 6.57. The third kappa shape index (κ3) is 5.04. The molecule has 9 heteroatoms. The van der Waals surface area contributed by atoms with E-state index < -0.39 is 0 Å². The molecule has 25 heavy (non-hydrogen) atoms. The molecule has 2 unspecified atom stereocenters. The maximum atomic E-state index is 12.2. The molecule has 2 aromatic heterocycles. The monoisotopic (exact) mass is 384 g/mol. The molecule has 0 spiro atoms. The summed E-state index contributed by atoms with van der Waals surface area (Å²) in [6.45, 7) is 1.79. The molecule has 136 valence electrons. The van der Waals surface area contributed by atoms with Crippen molar-refractivity contribution in [1.29, 1.82) is 0 Å². The number of amides is 2. The van der Waals surface area contributed by atoms with E-state index >= 15 is 0 Å². The molecule has 1 saturated carbocycles. The van der Waals surface area contributed by atoms with Gasteiger partial charge in [0.2, 0.25) is 11.8 Å². The van der Waals surface area contributed by atoms with Gasteiger partial charge in [-0.25, -0.2) is 4.98 Å². The van der Waals surface area contributed by atoms with E-state index in [1.165, 1.54) is 18.3 Å². The number of carbonyl (C=O) groups excluding carboxylic acids is 2. The summed E-state index contributed by atoms with van der Waals surface area (Å²) in [5.74, 6) is 1.10. The molecular formula is C16H21ClN4O3S. The van der Waals surface area contributed by atoms with Crippen LogP contribution in [0, 0.1) is 5.92 Å². The highest BCUT2D eigenvalue weighted by Gasteiger charge is 2.28. The van der Waals surface area contributed by atoms with Crippen LogP contribution in [-0.2, 0) is 16.1 Å². The minimum absolute atomic E-state index is 0. The highest BCUT2D eigenvalue weighted by Crippen LogP contribution is 2.29. The lowest BCUT2D eigenvalue weighted by atomic mass is 10.1. The average Bonchev–Trinajstić information content (AvgIpc) is 3.24. The summed E-state index contributed by atoms with van der Waals surface area (Å²) >= 11 is 1.36. The fraction of sp³-hybridized carbons (Fsp3) is 0.438. The molecule has 0 bridgehead atoms. The van der Waals surface area contributed by atoms with Crippen molar-refractivity contribution >= 4 is 40.7 Å². The highest BCUT2D eigenvalue weighted by molar-refractivity contribution is 7.14. The van der Waals surface area contributed by atoms with E-state index in [1.54, 1.807) is 12.1 Å². The first-order chi connectivity index (χ1) is 11.5. The van der Waals surface area contributed by atoms with Crippen molar-refractivity contribution in [2.24, 2.45) is 11.7 Å². The van der Waals surface area contributed by atoms with E-state index in [-0.39, 0.29) is 36.2 Å². The number of hydrogen-bond donors (Lipinski definition) is 3. The van der Waals surface area contributed by atoms with E-state index in [0.717, 1.165) is 19.3 Å². The molecule has 4 N–H and O–H groups in total. The van der Waals surface area contributed by atoms with Gasteiger partial charge in [0.15, 0.2) is 10.9 Å². The Morgan fingerprint density at radius 1 is 1.40 bits per heavy atom. The summed E-state index contributed by atoms with van der Waals surface area (Å²) in [5, 5.41) is 7.91. The first-order valence-electron chi connectivity index (χ1n) is 7.87. The average molecular weight is 385 g/mol. The van der Waals surface area contributed by atoms with Crippen LogP contribution in [0.5, 0.6) is 0 Å². The standard InChI is InChI=1S/C16H20N4O3S.ClH/c1-9(21)18-7-12-4-5-14(23-12)13-8-24-16(19-13)20-15(22)10-2-3-11(17)6-10;/h4-5,8,10-11H,2-3,6-7,17H2,1H3,(H,18,21)(H,19,20,22);1H. The molecule has 1 fully saturated rings. The van der Waals surface area contributed by atoms with E-state index in [0.29, 0.717) is 28.9 Å². The predicted molar refractivity (Wildman–Crippen MR) is 98.5 cm³/mol. The molecule has 2 aromatic rings. The number of thiazole rings is 1. The summed E-state index contributed by atoms with van der Waals surface area (Å²) in [6.07, 6.45) is 2.45. The van der Waals surface area contributed by atoms with Gasteiger partial charge in [0.05, 0.1) is 6.54 Å². The van der Waals surface area contributed by atoms with E-state index in [2.05, 4.69) is 15.6 Å². The zero-order valence-corrected chi connectivity index (χ0v) is 15.4. The number of halogens is 1. The lowest BCUT2D eigenvalue weighted by Crippen LogP contribution is -2.23. The molecular weight excluding hydrogens is 364 g/mol. The van der Waals surface area contributed by atoms with Gasteiger partial charge in [-0.15, -0.1) is 23.7 Å². The second-order valence-corrected chi connectivity index (χ2v) is 6.83. The molecule has 0 radical (unpaired) electrons. The Hall–Kier alpha value is -1.90. The number of nitrogens with one attached hydrogen (secondary N) is 2. The quantitative estimate of drug-likeness (QED) is 0.733. The number of aromatic nitrogens is 1. The van der Waals surface area contributed by atoms with Crippen LogP contribution in [-0.4, -0.2) is 22.8 Å². The molecule has 1 aliphatic rings. The first-order valence-corrected chi connectivity index (χ1v) is 8.74. The fourth-order valence-electron chi connectivity index (χ4n) is 2.73. The third-order valence-corrected chi connectivity index (χ3v) is 4.76. The lowest BCUT2D eigenvalue weighted by molar-refractivity contribution is -0.120. The van der Waals surface area contributed by atoms with Crippen molar-refractivity contribution in [3.05, 3.63) is 23.3 Å². The molecule has 2 atom stereocenters. The van der Waals surface area contributed by atoms with Crippen molar-refractivity contribution in [1.82, 2.24) is 10.3 Å². The first kappa shape index (κ1) is 19.4. The SMILES string of the molecule is CC(=O)NCc1ccc(-c2csc(NC(=O)C3CCC(N)C3)n2)o1.Cl. The van der Waals surface area contributed by atoms with E-state index in [1.807, 2.05) is 5.38 Å². The van der Waals surface area contributed by atoms with Gasteiger partial charge in [0, 0.05) is 24.3 Å². The summed E-state index contributed by atoms with van der Waals surface area (Å²) in [4.78, 5) is 27.5. The lowest BCUT2D eigenvalue weighted by Gasteiger charge is -2.08.